The van der Waals surface area contributed by atoms with Gasteiger partial charge in [0, 0.05) is 31.0 Å². The normalized spacial score (nSPS) is 21.1. The van der Waals surface area contributed by atoms with Crippen molar-refractivity contribution in [3.05, 3.63) is 82.4 Å². The van der Waals surface area contributed by atoms with Gasteiger partial charge in [-0.3, -0.25) is 14.7 Å². The number of hydrogen-bond donors (Lipinski definition) is 3. The van der Waals surface area contributed by atoms with Gasteiger partial charge < -0.3 is 34.7 Å². The van der Waals surface area contributed by atoms with Crippen molar-refractivity contribution in [2.45, 2.75) is 63.1 Å². The molecule has 3 aliphatic rings. The number of carboxylic acids is 2. The Morgan fingerprint density at radius 2 is 1.90 bits per heavy atom. The van der Waals surface area contributed by atoms with Crippen molar-refractivity contribution >= 4 is 46.3 Å². The number of aliphatic carboxylic acids is 1. The number of nitrogens with zero attached hydrogens (tertiary/aromatic N) is 4. The number of likely N-dealkylation sites (tertiary alicyclic amines) is 1. The summed E-state index contributed by atoms with van der Waals surface area (Å²) in [5.41, 5.74) is 8.87. The molecular formula is C35H40ClN5O7S. The number of pyridine rings is 1. The van der Waals surface area contributed by atoms with Gasteiger partial charge in [-0.15, -0.1) is 0 Å². The number of ether oxygens (including phenoxy) is 3. The Balaban J connectivity index is 0.000000466. The zero-order valence-corrected chi connectivity index (χ0v) is 29.0. The zero-order valence-electron chi connectivity index (χ0n) is 27.4. The van der Waals surface area contributed by atoms with Gasteiger partial charge in [0.2, 0.25) is 0 Å². The van der Waals surface area contributed by atoms with E-state index in [1.807, 2.05) is 31.4 Å². The Bertz CT molecular complexity index is 1810. The summed E-state index contributed by atoms with van der Waals surface area (Å²) in [5.74, 6) is 0.418. The summed E-state index contributed by atoms with van der Waals surface area (Å²) < 4.78 is 20.6. The number of piperidine rings is 1. The van der Waals surface area contributed by atoms with E-state index in [2.05, 4.69) is 20.5 Å². The van der Waals surface area contributed by atoms with E-state index >= 15 is 0 Å². The molecule has 0 radical (unpaired) electrons. The smallest absolute Gasteiger partial charge is 0.335 e. The minimum absolute atomic E-state index is 0.140. The molecule has 12 nitrogen and oxygen atoms in total. The van der Waals surface area contributed by atoms with E-state index in [0.717, 1.165) is 72.9 Å². The van der Waals surface area contributed by atoms with Crippen molar-refractivity contribution in [2.75, 3.05) is 31.7 Å². The van der Waals surface area contributed by atoms with Crippen LogP contribution in [0.25, 0.3) is 11.0 Å². The van der Waals surface area contributed by atoms with Gasteiger partial charge in [0.25, 0.3) is 5.79 Å². The van der Waals surface area contributed by atoms with Crippen LogP contribution in [-0.4, -0.2) is 85.4 Å². The third kappa shape index (κ3) is 7.81. The summed E-state index contributed by atoms with van der Waals surface area (Å²) >= 11 is 7.47. The van der Waals surface area contributed by atoms with Crippen molar-refractivity contribution < 1.29 is 34.0 Å². The highest BCUT2D eigenvalue weighted by atomic mass is 35.5. The minimum Gasteiger partial charge on any atom is -0.480 e. The van der Waals surface area contributed by atoms with E-state index in [9.17, 15) is 14.7 Å². The van der Waals surface area contributed by atoms with E-state index in [0.29, 0.717) is 35.5 Å². The highest BCUT2D eigenvalue weighted by Gasteiger charge is 2.42. The van der Waals surface area contributed by atoms with Crippen LogP contribution in [0.3, 0.4) is 0 Å². The van der Waals surface area contributed by atoms with E-state index in [1.165, 1.54) is 11.8 Å². The second kappa shape index (κ2) is 14.9. The largest absolute Gasteiger partial charge is 0.480 e. The number of hydrogen-bond acceptors (Lipinski definition) is 10. The van der Waals surface area contributed by atoms with Crippen molar-refractivity contribution in [1.82, 2.24) is 19.4 Å². The molecule has 0 bridgehead atoms. The maximum Gasteiger partial charge on any atom is 0.335 e. The quantitative estimate of drug-likeness (QED) is 0.194. The third-order valence-corrected chi connectivity index (χ3v) is 10.0. The lowest BCUT2D eigenvalue weighted by molar-refractivity contribution is -0.137. The molecule has 2 aromatic heterocycles. The Hall–Kier alpha value is -3.88. The fourth-order valence-corrected chi connectivity index (χ4v) is 6.95. The number of imidazole rings is 1. The number of carboxylic acid groups (broad SMARTS) is 2. The topological polar surface area (TPSA) is 162 Å². The minimum atomic E-state index is -1.01. The average molecular weight is 710 g/mol. The van der Waals surface area contributed by atoms with Gasteiger partial charge in [0.05, 0.1) is 40.8 Å². The van der Waals surface area contributed by atoms with E-state index < -0.39 is 23.8 Å². The fourth-order valence-electron chi connectivity index (χ4n) is 6.33. The highest BCUT2D eigenvalue weighted by molar-refractivity contribution is 7.98. The molecule has 2 fully saturated rings. The summed E-state index contributed by atoms with van der Waals surface area (Å²) in [6, 6.07) is 14.2. The molecule has 3 aliphatic heterocycles. The molecule has 2 saturated heterocycles. The summed E-state index contributed by atoms with van der Waals surface area (Å²) in [4.78, 5) is 33.3. The molecule has 49 heavy (non-hydrogen) atoms. The maximum absolute atomic E-state index is 11.6. The molecule has 0 unspecified atom stereocenters. The molecule has 14 heteroatoms. The molecule has 2 aromatic carbocycles. The predicted octanol–water partition coefficient (Wildman–Crippen LogP) is 5.36. The van der Waals surface area contributed by atoms with Crippen molar-refractivity contribution in [3.63, 3.8) is 0 Å². The maximum atomic E-state index is 11.6. The first-order valence-corrected chi connectivity index (χ1v) is 18.0. The van der Waals surface area contributed by atoms with Gasteiger partial charge in [0.15, 0.2) is 11.5 Å². The van der Waals surface area contributed by atoms with Crippen LogP contribution in [-0.2, 0) is 28.4 Å². The van der Waals surface area contributed by atoms with E-state index in [-0.39, 0.29) is 11.7 Å². The summed E-state index contributed by atoms with van der Waals surface area (Å²) in [6.07, 6.45) is 6.52. The van der Waals surface area contributed by atoms with Crippen molar-refractivity contribution in [1.29, 1.82) is 0 Å². The highest BCUT2D eigenvalue weighted by Crippen LogP contribution is 2.49. The second-order valence-corrected chi connectivity index (χ2v) is 13.9. The van der Waals surface area contributed by atoms with E-state index in [4.69, 9.17) is 41.6 Å². The molecule has 5 heterocycles. The first-order chi connectivity index (χ1) is 23.5. The first-order valence-electron chi connectivity index (χ1n) is 16.2. The average Bonchev–Trinajstić information content (AvgIpc) is 3.60. The Labute approximate surface area is 293 Å². The SMILES string of the molecule is CSC[C@H](N)C(=O)O.C[C@]1(c2ccc(Cl)cn2)Oc2cccc(C3CCN(Cc4nc5ccc(C(=O)O)cc5n4C[C@@H]4CCO4)CC3)c2O1. The molecule has 0 aliphatic carbocycles. The third-order valence-electron chi connectivity index (χ3n) is 9.11. The lowest BCUT2D eigenvalue weighted by Gasteiger charge is -2.33. The molecule has 4 N–H and O–H groups in total. The number of aromatic carboxylic acids is 1. The van der Waals surface area contributed by atoms with Gasteiger partial charge >= 0.3 is 11.9 Å². The number of para-hydroxylation sites is 1. The Morgan fingerprint density at radius 3 is 2.51 bits per heavy atom. The monoisotopic (exact) mass is 709 g/mol. The molecule has 7 rings (SSSR count). The lowest BCUT2D eigenvalue weighted by atomic mass is 9.88. The molecule has 0 saturated carbocycles. The number of rotatable bonds is 10. The zero-order chi connectivity index (χ0) is 34.7. The molecule has 3 atom stereocenters. The molecule has 0 spiro atoms. The number of thioether (sulfide) groups is 1. The number of carbonyl (C=O) groups is 2. The predicted molar refractivity (Wildman–Crippen MR) is 187 cm³/mol. The number of fused-ring (bicyclic) bond motifs is 2. The van der Waals surface area contributed by atoms with Crippen LogP contribution in [0.4, 0.5) is 0 Å². The van der Waals surface area contributed by atoms with Crippen LogP contribution >= 0.6 is 23.4 Å². The van der Waals surface area contributed by atoms with Crippen molar-refractivity contribution in [2.24, 2.45) is 5.73 Å². The first kappa shape index (κ1) is 35.0. The number of nitrogens with two attached hydrogens (primary N) is 1. The number of halogens is 1. The van der Waals surface area contributed by atoms with Gasteiger partial charge in [-0.25, -0.2) is 9.78 Å². The Kier molecular flexibility index (Phi) is 10.7. The molecule has 0 amide bonds. The van der Waals surface area contributed by atoms with Gasteiger partial charge in [0.1, 0.15) is 17.6 Å². The Morgan fingerprint density at radius 1 is 1.12 bits per heavy atom. The van der Waals surface area contributed by atoms with Crippen LogP contribution < -0.4 is 15.2 Å². The lowest BCUT2D eigenvalue weighted by Crippen LogP contribution is -2.35. The van der Waals surface area contributed by atoms with Crippen molar-refractivity contribution in [3.8, 4) is 11.5 Å². The van der Waals surface area contributed by atoms with Gasteiger partial charge in [-0.2, -0.15) is 11.8 Å². The number of aromatic nitrogens is 3. The van der Waals surface area contributed by atoms with Gasteiger partial charge in [-0.05, 0) is 80.9 Å². The molecular weight excluding hydrogens is 670 g/mol. The standard InChI is InChI=1S/C31H31ClN4O5.C4H9NO2S/c1-31(27-8-6-21(32)16-33-27)40-26-4-2-3-23(29(26)41-31)19-9-12-35(13-10-19)18-28-34-24-7-5-20(30(37)38)15-25(24)36(28)17-22-11-14-39-22;1-8-2-3(5)4(6)7/h2-8,15-16,19,22H,9-14,17-18H2,1H3,(H,37,38);3H,2,5H2,1H3,(H,6,7)/t22-,31-;3-/m00/s1. The fraction of sp³-hybridized carbons (Fsp3) is 0.429. The molecule has 4 aromatic rings. The van der Waals surface area contributed by atoms with Crippen LogP contribution in [0.1, 0.15) is 59.5 Å². The van der Waals surface area contributed by atoms with Crippen LogP contribution in [0.15, 0.2) is 54.7 Å². The second-order valence-electron chi connectivity index (χ2n) is 12.6. The number of benzene rings is 2. The summed E-state index contributed by atoms with van der Waals surface area (Å²) in [5, 5.41) is 18.3. The van der Waals surface area contributed by atoms with Crippen LogP contribution in [0, 0.1) is 0 Å². The molecule has 260 valence electrons. The van der Waals surface area contributed by atoms with Gasteiger partial charge in [-0.1, -0.05) is 23.7 Å². The summed E-state index contributed by atoms with van der Waals surface area (Å²) in [6.45, 7) is 5.86. The van der Waals surface area contributed by atoms with Crippen LogP contribution in [0.2, 0.25) is 5.02 Å². The van der Waals surface area contributed by atoms with E-state index in [1.54, 1.807) is 30.5 Å². The van der Waals surface area contributed by atoms with Crippen LogP contribution in [0.5, 0.6) is 11.5 Å². The summed E-state index contributed by atoms with van der Waals surface area (Å²) in [7, 11) is 0.